The Hall–Kier alpha value is -4.65. The van der Waals surface area contributed by atoms with Gasteiger partial charge in [0, 0.05) is 18.2 Å². The summed E-state index contributed by atoms with van der Waals surface area (Å²) in [7, 11) is -1.43. The minimum atomic E-state index is -4.24. The van der Waals surface area contributed by atoms with Gasteiger partial charge in [0.2, 0.25) is 0 Å². The number of amides is 1. The minimum absolute atomic E-state index is 0.0856. The van der Waals surface area contributed by atoms with Gasteiger partial charge in [0.15, 0.2) is 11.5 Å². The molecule has 0 aliphatic carbocycles. The first kappa shape index (κ1) is 27.9. The number of benzene rings is 3. The van der Waals surface area contributed by atoms with Crippen molar-refractivity contribution in [1.29, 1.82) is 0 Å². The maximum Gasteiger partial charge on any atom is 0.269 e. The van der Waals surface area contributed by atoms with Crippen LogP contribution in [-0.4, -0.2) is 52.8 Å². The van der Waals surface area contributed by atoms with E-state index in [1.165, 1.54) is 75.0 Å². The van der Waals surface area contributed by atoms with Crippen molar-refractivity contribution in [2.24, 2.45) is 5.10 Å². The molecule has 0 aliphatic rings. The van der Waals surface area contributed by atoms with Gasteiger partial charge in [-0.1, -0.05) is 0 Å². The summed E-state index contributed by atoms with van der Waals surface area (Å²) in [5.41, 5.74) is 2.92. The smallest absolute Gasteiger partial charge is 0.269 e. The van der Waals surface area contributed by atoms with Crippen LogP contribution in [0.1, 0.15) is 12.5 Å². The van der Waals surface area contributed by atoms with E-state index in [4.69, 9.17) is 14.2 Å². The molecule has 3 aromatic rings. The average molecular weight is 543 g/mol. The molecule has 3 aromatic carbocycles. The second-order valence-corrected chi connectivity index (χ2v) is 9.46. The molecule has 0 fully saturated rings. The van der Waals surface area contributed by atoms with Gasteiger partial charge in [-0.05, 0) is 61.0 Å². The van der Waals surface area contributed by atoms with Crippen molar-refractivity contribution < 1.29 is 32.3 Å². The van der Waals surface area contributed by atoms with Gasteiger partial charge in [-0.25, -0.2) is 13.8 Å². The number of methoxy groups -OCH3 is 2. The largest absolute Gasteiger partial charge is 0.494 e. The van der Waals surface area contributed by atoms with Gasteiger partial charge >= 0.3 is 0 Å². The molecule has 200 valence electrons. The summed E-state index contributed by atoms with van der Waals surface area (Å²) in [6.07, 6.45) is 1.28. The number of hydrazone groups is 1. The molecule has 0 saturated heterocycles. The van der Waals surface area contributed by atoms with E-state index in [1.807, 2.05) is 6.92 Å². The number of nitrogens with zero attached hydrogens (tertiary/aromatic N) is 3. The summed E-state index contributed by atoms with van der Waals surface area (Å²) in [6.45, 7) is 1.66. The number of hydrogen-bond donors (Lipinski definition) is 1. The first-order chi connectivity index (χ1) is 18.2. The predicted molar refractivity (Wildman–Crippen MR) is 141 cm³/mol. The van der Waals surface area contributed by atoms with Gasteiger partial charge in [-0.15, -0.1) is 0 Å². The van der Waals surface area contributed by atoms with Crippen molar-refractivity contribution >= 4 is 33.5 Å². The molecule has 13 heteroatoms. The SMILES string of the molecule is CCOc1ccc(N(CC(=O)N/N=C\c2ccc([N+](=O)[O-])cc2)S(=O)(=O)c2ccc(OC)c(OC)c2)cc1. The van der Waals surface area contributed by atoms with E-state index in [-0.39, 0.29) is 22.0 Å². The molecule has 0 aliphatic heterocycles. The number of carbonyl (C=O) groups is 1. The Balaban J connectivity index is 1.87. The highest BCUT2D eigenvalue weighted by atomic mass is 32.2. The summed E-state index contributed by atoms with van der Waals surface area (Å²) in [5.74, 6) is 0.368. The third kappa shape index (κ3) is 6.76. The van der Waals surface area contributed by atoms with Crippen molar-refractivity contribution in [2.45, 2.75) is 11.8 Å². The van der Waals surface area contributed by atoms with Crippen molar-refractivity contribution in [3.05, 3.63) is 82.4 Å². The molecule has 0 radical (unpaired) electrons. The van der Waals surface area contributed by atoms with Gasteiger partial charge in [0.1, 0.15) is 12.3 Å². The lowest BCUT2D eigenvalue weighted by atomic mass is 10.2. The Kier molecular flexibility index (Phi) is 9.22. The van der Waals surface area contributed by atoms with E-state index < -0.39 is 27.4 Å². The quantitative estimate of drug-likeness (QED) is 0.208. The molecule has 38 heavy (non-hydrogen) atoms. The fraction of sp³-hybridized carbons (Fsp3) is 0.200. The van der Waals surface area contributed by atoms with E-state index in [0.29, 0.717) is 23.7 Å². The van der Waals surface area contributed by atoms with Crippen LogP contribution in [0.2, 0.25) is 0 Å². The molecule has 0 saturated carbocycles. The molecule has 1 amide bonds. The van der Waals surface area contributed by atoms with Crippen LogP contribution in [0.15, 0.2) is 76.7 Å². The molecule has 1 N–H and O–H groups in total. The summed E-state index contributed by atoms with van der Waals surface area (Å²) >= 11 is 0. The lowest BCUT2D eigenvalue weighted by Crippen LogP contribution is -2.39. The maximum atomic E-state index is 13.7. The number of nitrogens with one attached hydrogen (secondary N) is 1. The van der Waals surface area contributed by atoms with Crippen molar-refractivity contribution in [3.63, 3.8) is 0 Å². The fourth-order valence-electron chi connectivity index (χ4n) is 3.32. The highest BCUT2D eigenvalue weighted by molar-refractivity contribution is 7.92. The number of nitro benzene ring substituents is 1. The Morgan fingerprint density at radius 3 is 2.26 bits per heavy atom. The topological polar surface area (TPSA) is 150 Å². The Labute approximate surface area is 219 Å². The third-order valence-electron chi connectivity index (χ3n) is 5.17. The summed E-state index contributed by atoms with van der Waals surface area (Å²) in [6, 6.07) is 15.9. The Bertz CT molecular complexity index is 1410. The third-order valence-corrected chi connectivity index (χ3v) is 6.94. The number of rotatable bonds is 12. The highest BCUT2D eigenvalue weighted by Gasteiger charge is 2.28. The zero-order valence-corrected chi connectivity index (χ0v) is 21.7. The minimum Gasteiger partial charge on any atom is -0.494 e. The number of nitro groups is 1. The maximum absolute atomic E-state index is 13.7. The van der Waals surface area contributed by atoms with Crippen LogP contribution in [-0.2, 0) is 14.8 Å². The van der Waals surface area contributed by atoms with Crippen molar-refractivity contribution in [2.75, 3.05) is 31.7 Å². The molecule has 0 spiro atoms. The first-order valence-corrected chi connectivity index (χ1v) is 12.7. The Morgan fingerprint density at radius 1 is 1.03 bits per heavy atom. The zero-order chi connectivity index (χ0) is 27.7. The number of ether oxygens (including phenoxy) is 3. The van der Waals surface area contributed by atoms with Crippen LogP contribution in [0.4, 0.5) is 11.4 Å². The van der Waals surface area contributed by atoms with Crippen LogP contribution in [0.5, 0.6) is 17.2 Å². The molecule has 0 bridgehead atoms. The lowest BCUT2D eigenvalue weighted by molar-refractivity contribution is -0.384. The Morgan fingerprint density at radius 2 is 1.68 bits per heavy atom. The second-order valence-electron chi connectivity index (χ2n) is 7.60. The number of anilines is 1. The molecule has 0 atom stereocenters. The predicted octanol–water partition coefficient (Wildman–Crippen LogP) is 3.36. The van der Waals surface area contributed by atoms with Gasteiger partial charge in [0.05, 0.1) is 42.5 Å². The molecule has 12 nitrogen and oxygen atoms in total. The van der Waals surface area contributed by atoms with E-state index in [1.54, 1.807) is 12.1 Å². The molecule has 0 aromatic heterocycles. The van der Waals surface area contributed by atoms with Gasteiger partial charge in [-0.2, -0.15) is 5.10 Å². The average Bonchev–Trinajstić information content (AvgIpc) is 2.92. The molecular formula is C25H26N4O8S. The van der Waals surface area contributed by atoms with Crippen LogP contribution in [0, 0.1) is 10.1 Å². The number of carbonyl (C=O) groups excluding carboxylic acids is 1. The van der Waals surface area contributed by atoms with Crippen LogP contribution < -0.4 is 23.9 Å². The molecular weight excluding hydrogens is 516 g/mol. The van der Waals surface area contributed by atoms with Crippen LogP contribution >= 0.6 is 0 Å². The van der Waals surface area contributed by atoms with E-state index >= 15 is 0 Å². The summed E-state index contributed by atoms with van der Waals surface area (Å²) < 4.78 is 44.1. The fourth-order valence-corrected chi connectivity index (χ4v) is 4.76. The standard InChI is InChI=1S/C25H26N4O8S/c1-4-37-21-11-9-19(10-12-21)28(38(33,34)22-13-14-23(35-2)24(15-22)36-3)17-25(30)27-26-16-18-5-7-20(8-6-18)29(31)32/h5-16H,4,17H2,1-3H3,(H,27,30)/b26-16-. The van der Waals surface area contributed by atoms with E-state index in [9.17, 15) is 23.3 Å². The lowest BCUT2D eigenvalue weighted by Gasteiger charge is -2.24. The molecule has 3 rings (SSSR count). The normalized spacial score (nSPS) is 11.1. The zero-order valence-electron chi connectivity index (χ0n) is 20.9. The van der Waals surface area contributed by atoms with E-state index in [2.05, 4.69) is 10.5 Å². The van der Waals surface area contributed by atoms with Crippen molar-refractivity contribution in [3.8, 4) is 17.2 Å². The van der Waals surface area contributed by atoms with E-state index in [0.717, 1.165) is 4.31 Å². The highest BCUT2D eigenvalue weighted by Crippen LogP contribution is 2.32. The summed E-state index contributed by atoms with van der Waals surface area (Å²) in [5, 5.41) is 14.6. The molecule has 0 heterocycles. The number of sulfonamides is 1. The summed E-state index contributed by atoms with van der Waals surface area (Å²) in [4.78, 5) is 22.9. The van der Waals surface area contributed by atoms with Crippen LogP contribution in [0.3, 0.4) is 0 Å². The number of hydrogen-bond acceptors (Lipinski definition) is 9. The van der Waals surface area contributed by atoms with Gasteiger partial charge in [-0.3, -0.25) is 19.2 Å². The van der Waals surface area contributed by atoms with Gasteiger partial charge < -0.3 is 14.2 Å². The first-order valence-electron chi connectivity index (χ1n) is 11.2. The van der Waals surface area contributed by atoms with Crippen LogP contribution in [0.25, 0.3) is 0 Å². The second kappa shape index (κ2) is 12.5. The monoisotopic (exact) mass is 542 g/mol. The van der Waals surface area contributed by atoms with Crippen molar-refractivity contribution in [1.82, 2.24) is 5.43 Å². The van der Waals surface area contributed by atoms with Gasteiger partial charge in [0.25, 0.3) is 21.6 Å². The number of non-ortho nitro benzene ring substituents is 1. The molecule has 0 unspecified atom stereocenters.